The average molecular weight is 208 g/mol. The Balaban J connectivity index is 2.89. The van der Waals surface area contributed by atoms with Gasteiger partial charge in [0.05, 0.1) is 0 Å². The summed E-state index contributed by atoms with van der Waals surface area (Å²) in [7, 11) is 0. The number of nitrogens with zero attached hydrogens (tertiary/aromatic N) is 1. The molecule has 1 aromatic heterocycles. The van der Waals surface area contributed by atoms with Crippen molar-refractivity contribution in [3.63, 3.8) is 0 Å². The van der Waals surface area contributed by atoms with E-state index >= 15 is 0 Å². The van der Waals surface area contributed by atoms with Crippen molar-refractivity contribution in [1.29, 1.82) is 0 Å². The maximum absolute atomic E-state index is 6.25. The van der Waals surface area contributed by atoms with Crippen LogP contribution in [0.5, 0.6) is 0 Å². The Morgan fingerprint density at radius 1 is 1.29 bits per heavy atom. The predicted octanol–water partition coefficient (Wildman–Crippen LogP) is 3.93. The van der Waals surface area contributed by atoms with Crippen molar-refractivity contribution in [3.8, 4) is 0 Å². The number of benzene rings is 1. The molecule has 0 bridgehead atoms. The van der Waals surface area contributed by atoms with E-state index in [1.54, 1.807) is 0 Å². The van der Waals surface area contributed by atoms with Crippen LogP contribution in [0.4, 0.5) is 0 Å². The van der Waals surface area contributed by atoms with Crippen LogP contribution in [0, 0.1) is 13.8 Å². The van der Waals surface area contributed by atoms with Gasteiger partial charge >= 0.3 is 0 Å². The zero-order valence-electron chi connectivity index (χ0n) is 8.76. The maximum atomic E-state index is 6.25. The van der Waals surface area contributed by atoms with Gasteiger partial charge in [-0.3, -0.25) is 0 Å². The smallest absolute Gasteiger partial charge is 0.112 e. The maximum Gasteiger partial charge on any atom is 0.112 e. The van der Waals surface area contributed by atoms with Gasteiger partial charge < -0.3 is 4.57 Å². The number of fused-ring (bicyclic) bond motifs is 1. The highest BCUT2D eigenvalue weighted by Gasteiger charge is 2.10. The fraction of sp³-hybridized carbons (Fsp3) is 0.333. The summed E-state index contributed by atoms with van der Waals surface area (Å²) in [6, 6.07) is 6.47. The molecule has 1 heterocycles. The first-order valence-electron chi connectivity index (χ1n) is 4.90. The Kier molecular flexibility index (Phi) is 2.28. The number of aryl methyl sites for hydroxylation is 3. The molecule has 0 spiro atoms. The van der Waals surface area contributed by atoms with Crippen LogP contribution in [0.1, 0.15) is 18.1 Å². The predicted molar refractivity (Wildman–Crippen MR) is 62.1 cm³/mol. The molecule has 0 fully saturated rings. The first kappa shape index (κ1) is 9.60. The van der Waals surface area contributed by atoms with Crippen molar-refractivity contribution >= 4 is 22.5 Å². The third-order valence-electron chi connectivity index (χ3n) is 2.71. The number of rotatable bonds is 1. The second-order valence-corrected chi connectivity index (χ2v) is 4.04. The zero-order valence-corrected chi connectivity index (χ0v) is 9.52. The van der Waals surface area contributed by atoms with E-state index in [0.29, 0.717) is 0 Å². The molecule has 0 amide bonds. The van der Waals surface area contributed by atoms with Crippen molar-refractivity contribution in [2.24, 2.45) is 0 Å². The highest BCUT2D eigenvalue weighted by Crippen LogP contribution is 2.29. The molecule has 0 saturated carbocycles. The van der Waals surface area contributed by atoms with Crippen molar-refractivity contribution in [1.82, 2.24) is 4.57 Å². The molecular weight excluding hydrogens is 194 g/mol. The van der Waals surface area contributed by atoms with E-state index in [1.807, 2.05) is 0 Å². The summed E-state index contributed by atoms with van der Waals surface area (Å²) >= 11 is 6.25. The van der Waals surface area contributed by atoms with Gasteiger partial charge in [0.15, 0.2) is 0 Å². The Bertz CT molecular complexity index is 483. The van der Waals surface area contributed by atoms with E-state index in [4.69, 9.17) is 11.6 Å². The summed E-state index contributed by atoms with van der Waals surface area (Å²) in [5.74, 6) is 0. The summed E-state index contributed by atoms with van der Waals surface area (Å²) in [5, 5.41) is 2.13. The molecule has 0 N–H and O–H groups in total. The van der Waals surface area contributed by atoms with Gasteiger partial charge in [-0.1, -0.05) is 23.7 Å². The third-order valence-corrected chi connectivity index (χ3v) is 3.20. The first-order valence-corrected chi connectivity index (χ1v) is 5.28. The summed E-state index contributed by atoms with van der Waals surface area (Å²) in [4.78, 5) is 0. The molecule has 0 aliphatic rings. The molecule has 2 heteroatoms. The molecule has 1 nitrogen and oxygen atoms in total. The lowest BCUT2D eigenvalue weighted by Gasteiger charge is -2.02. The molecule has 0 aliphatic heterocycles. The van der Waals surface area contributed by atoms with E-state index < -0.39 is 0 Å². The molecule has 14 heavy (non-hydrogen) atoms. The van der Waals surface area contributed by atoms with Crippen molar-refractivity contribution in [3.05, 3.63) is 34.5 Å². The topological polar surface area (TPSA) is 4.93 Å². The molecule has 1 aromatic carbocycles. The quantitative estimate of drug-likeness (QED) is 0.668. The van der Waals surface area contributed by atoms with E-state index in [9.17, 15) is 0 Å². The van der Waals surface area contributed by atoms with Gasteiger partial charge in [0.25, 0.3) is 0 Å². The molecule has 2 rings (SSSR count). The Morgan fingerprint density at radius 3 is 2.64 bits per heavy atom. The van der Waals surface area contributed by atoms with Gasteiger partial charge in [0, 0.05) is 17.4 Å². The van der Waals surface area contributed by atoms with Gasteiger partial charge in [0.2, 0.25) is 0 Å². The second-order valence-electron chi connectivity index (χ2n) is 3.68. The van der Waals surface area contributed by atoms with Gasteiger partial charge in [-0.25, -0.2) is 0 Å². The van der Waals surface area contributed by atoms with Crippen molar-refractivity contribution < 1.29 is 0 Å². The van der Waals surface area contributed by atoms with Crippen LogP contribution < -0.4 is 0 Å². The molecule has 0 unspecified atom stereocenters. The number of halogens is 1. The van der Waals surface area contributed by atoms with Crippen LogP contribution >= 0.6 is 11.6 Å². The van der Waals surface area contributed by atoms with Crippen molar-refractivity contribution in [2.75, 3.05) is 0 Å². The largest absolute Gasteiger partial charge is 0.332 e. The van der Waals surface area contributed by atoms with Crippen LogP contribution in [0.15, 0.2) is 18.2 Å². The normalized spacial score (nSPS) is 11.1. The lowest BCUT2D eigenvalue weighted by Crippen LogP contribution is -1.93. The molecule has 0 atom stereocenters. The fourth-order valence-corrected chi connectivity index (χ4v) is 2.22. The Morgan fingerprint density at radius 2 is 2.00 bits per heavy atom. The zero-order chi connectivity index (χ0) is 10.3. The summed E-state index contributed by atoms with van der Waals surface area (Å²) in [6.07, 6.45) is 0. The van der Waals surface area contributed by atoms with E-state index in [1.165, 1.54) is 22.0 Å². The highest BCUT2D eigenvalue weighted by molar-refractivity contribution is 6.32. The SMILES string of the molecule is CCn1c(Cl)c(C)c2ccc(C)cc21. The van der Waals surface area contributed by atoms with Gasteiger partial charge in [-0.05, 0) is 38.0 Å². The Labute approximate surface area is 89.3 Å². The highest BCUT2D eigenvalue weighted by atomic mass is 35.5. The van der Waals surface area contributed by atoms with Crippen LogP contribution in [-0.2, 0) is 6.54 Å². The summed E-state index contributed by atoms with van der Waals surface area (Å²) in [6.45, 7) is 7.22. The minimum Gasteiger partial charge on any atom is -0.332 e. The molecule has 2 aromatic rings. The second kappa shape index (κ2) is 3.32. The fourth-order valence-electron chi connectivity index (χ4n) is 1.91. The summed E-state index contributed by atoms with van der Waals surface area (Å²) in [5.41, 5.74) is 3.71. The van der Waals surface area contributed by atoms with Crippen LogP contribution in [0.3, 0.4) is 0 Å². The minimum atomic E-state index is 0.869. The van der Waals surface area contributed by atoms with E-state index in [-0.39, 0.29) is 0 Å². The molecule has 0 radical (unpaired) electrons. The number of hydrogen-bond acceptors (Lipinski definition) is 0. The van der Waals surface area contributed by atoms with E-state index in [0.717, 1.165) is 11.7 Å². The molecular formula is C12H14ClN. The minimum absolute atomic E-state index is 0.869. The lowest BCUT2D eigenvalue weighted by molar-refractivity contribution is 0.796. The van der Waals surface area contributed by atoms with E-state index in [2.05, 4.69) is 43.5 Å². The monoisotopic (exact) mass is 207 g/mol. The first-order chi connectivity index (χ1) is 6.65. The van der Waals surface area contributed by atoms with Gasteiger partial charge in [0.1, 0.15) is 5.15 Å². The average Bonchev–Trinajstić information content (AvgIpc) is 2.39. The van der Waals surface area contributed by atoms with Gasteiger partial charge in [-0.2, -0.15) is 0 Å². The third kappa shape index (κ3) is 1.24. The molecule has 74 valence electrons. The van der Waals surface area contributed by atoms with Crippen LogP contribution in [0.2, 0.25) is 5.15 Å². The van der Waals surface area contributed by atoms with Gasteiger partial charge in [-0.15, -0.1) is 0 Å². The Hall–Kier alpha value is -0.950. The number of hydrogen-bond donors (Lipinski definition) is 0. The number of aromatic nitrogens is 1. The van der Waals surface area contributed by atoms with Crippen LogP contribution in [0.25, 0.3) is 10.9 Å². The standard InChI is InChI=1S/C12H14ClN/c1-4-14-11-7-8(2)5-6-10(11)9(3)12(14)13/h5-7H,4H2,1-3H3. The summed E-state index contributed by atoms with van der Waals surface area (Å²) < 4.78 is 2.15. The molecule has 0 aliphatic carbocycles. The lowest BCUT2D eigenvalue weighted by atomic mass is 10.1. The molecule has 0 saturated heterocycles. The van der Waals surface area contributed by atoms with Crippen molar-refractivity contribution in [2.45, 2.75) is 27.3 Å². The van der Waals surface area contributed by atoms with Crippen LogP contribution in [-0.4, -0.2) is 4.57 Å².